The summed E-state index contributed by atoms with van der Waals surface area (Å²) in [6.45, 7) is 12.1. The normalized spacial score (nSPS) is 22.9. The van der Waals surface area contributed by atoms with E-state index in [0.29, 0.717) is 19.1 Å². The van der Waals surface area contributed by atoms with Crippen LogP contribution in [0.25, 0.3) is 0 Å². The van der Waals surface area contributed by atoms with E-state index < -0.39 is 5.60 Å². The zero-order valence-corrected chi connectivity index (χ0v) is 14.9. The first-order valence-electron chi connectivity index (χ1n) is 8.38. The van der Waals surface area contributed by atoms with E-state index in [0.717, 1.165) is 32.5 Å². The number of alkyl carbamates (subject to hydrolysis) is 1. The van der Waals surface area contributed by atoms with Gasteiger partial charge in [0, 0.05) is 38.3 Å². The fourth-order valence-electron chi connectivity index (χ4n) is 2.96. The molecule has 1 amide bonds. The number of hydrogen-bond acceptors (Lipinski definition) is 5. The van der Waals surface area contributed by atoms with Gasteiger partial charge >= 0.3 is 6.09 Å². The maximum absolute atomic E-state index is 11.8. The minimum absolute atomic E-state index is 0.156. The predicted molar refractivity (Wildman–Crippen MR) is 90.0 cm³/mol. The molecule has 1 fully saturated rings. The first-order chi connectivity index (χ1) is 10.3. The van der Waals surface area contributed by atoms with E-state index in [4.69, 9.17) is 10.5 Å². The summed E-state index contributed by atoms with van der Waals surface area (Å²) in [6, 6.07) is 0.644. The molecule has 0 aromatic rings. The molecule has 0 spiro atoms. The van der Waals surface area contributed by atoms with Gasteiger partial charge in [-0.25, -0.2) is 4.79 Å². The smallest absolute Gasteiger partial charge is 0.407 e. The van der Waals surface area contributed by atoms with Crippen molar-refractivity contribution in [3.05, 3.63) is 0 Å². The van der Waals surface area contributed by atoms with Gasteiger partial charge in [0.2, 0.25) is 0 Å². The fraction of sp³-hybridized carbons (Fsp3) is 0.938. The van der Waals surface area contributed by atoms with E-state index >= 15 is 0 Å². The highest BCUT2D eigenvalue weighted by molar-refractivity contribution is 5.67. The van der Waals surface area contributed by atoms with E-state index in [2.05, 4.69) is 29.1 Å². The second-order valence-electron chi connectivity index (χ2n) is 7.19. The van der Waals surface area contributed by atoms with Crippen LogP contribution in [0.5, 0.6) is 0 Å². The Balaban J connectivity index is 2.59. The molecule has 1 rings (SSSR count). The zero-order chi connectivity index (χ0) is 16.8. The third-order valence-electron chi connectivity index (χ3n) is 4.04. The number of carbonyl (C=O) groups is 1. The molecule has 2 atom stereocenters. The van der Waals surface area contributed by atoms with Crippen LogP contribution in [0.3, 0.4) is 0 Å². The lowest BCUT2D eigenvalue weighted by Crippen LogP contribution is -2.53. The second-order valence-corrected chi connectivity index (χ2v) is 7.19. The average Bonchev–Trinajstić information content (AvgIpc) is 2.59. The lowest BCUT2D eigenvalue weighted by molar-refractivity contribution is 0.0495. The second kappa shape index (κ2) is 8.70. The van der Waals surface area contributed by atoms with Crippen LogP contribution in [0.15, 0.2) is 0 Å². The summed E-state index contributed by atoms with van der Waals surface area (Å²) >= 11 is 0. The number of amides is 1. The molecule has 0 aliphatic carbocycles. The molecular weight excluding hydrogens is 280 g/mol. The summed E-state index contributed by atoms with van der Waals surface area (Å²) in [7, 11) is 2.17. The van der Waals surface area contributed by atoms with E-state index in [-0.39, 0.29) is 12.1 Å². The van der Waals surface area contributed by atoms with Crippen molar-refractivity contribution >= 4 is 6.09 Å². The van der Waals surface area contributed by atoms with Gasteiger partial charge in [-0.3, -0.25) is 4.90 Å². The summed E-state index contributed by atoms with van der Waals surface area (Å²) in [5.74, 6) is 0. The molecule has 3 N–H and O–H groups in total. The zero-order valence-electron chi connectivity index (χ0n) is 14.9. The van der Waals surface area contributed by atoms with Gasteiger partial charge in [-0.15, -0.1) is 0 Å². The van der Waals surface area contributed by atoms with Crippen LogP contribution >= 0.6 is 0 Å². The number of ether oxygens (including phenoxy) is 1. The Bertz CT molecular complexity index is 344. The highest BCUT2D eigenvalue weighted by Gasteiger charge is 2.28. The summed E-state index contributed by atoms with van der Waals surface area (Å²) in [5.41, 5.74) is 5.50. The van der Waals surface area contributed by atoms with Gasteiger partial charge in [0.25, 0.3) is 0 Å². The van der Waals surface area contributed by atoms with E-state index in [1.165, 1.54) is 0 Å². The maximum Gasteiger partial charge on any atom is 0.407 e. The quantitative estimate of drug-likeness (QED) is 0.799. The van der Waals surface area contributed by atoms with Crippen molar-refractivity contribution in [2.45, 2.75) is 58.2 Å². The third kappa shape index (κ3) is 6.50. The highest BCUT2D eigenvalue weighted by Crippen LogP contribution is 2.15. The molecule has 0 saturated carbocycles. The van der Waals surface area contributed by atoms with Crippen molar-refractivity contribution in [2.75, 3.05) is 39.8 Å². The minimum atomic E-state index is -0.473. The van der Waals surface area contributed by atoms with Crippen molar-refractivity contribution in [2.24, 2.45) is 5.73 Å². The van der Waals surface area contributed by atoms with Crippen LogP contribution in [0, 0.1) is 0 Å². The Labute approximate surface area is 135 Å². The molecule has 0 radical (unpaired) electrons. The number of nitrogens with zero attached hydrogens (tertiary/aromatic N) is 2. The molecule has 0 bridgehead atoms. The Morgan fingerprint density at radius 3 is 2.64 bits per heavy atom. The van der Waals surface area contributed by atoms with Gasteiger partial charge in [-0.2, -0.15) is 0 Å². The van der Waals surface area contributed by atoms with E-state index in [1.807, 2.05) is 20.8 Å². The summed E-state index contributed by atoms with van der Waals surface area (Å²) in [5, 5.41) is 2.87. The Kier molecular flexibility index (Phi) is 7.59. The number of hydrogen-bond donors (Lipinski definition) is 2. The monoisotopic (exact) mass is 314 g/mol. The van der Waals surface area contributed by atoms with Crippen molar-refractivity contribution < 1.29 is 9.53 Å². The molecule has 1 aliphatic heterocycles. The molecule has 0 aromatic heterocycles. The van der Waals surface area contributed by atoms with Gasteiger partial charge < -0.3 is 20.7 Å². The molecule has 1 saturated heterocycles. The van der Waals surface area contributed by atoms with Gasteiger partial charge in [-0.1, -0.05) is 6.92 Å². The van der Waals surface area contributed by atoms with Gasteiger partial charge in [0.1, 0.15) is 5.60 Å². The van der Waals surface area contributed by atoms with Crippen LogP contribution in [0.2, 0.25) is 0 Å². The van der Waals surface area contributed by atoms with Crippen LogP contribution < -0.4 is 11.1 Å². The SMILES string of the molecule is CCC1CN(C)CCCN1C(CN)CNC(=O)OC(C)(C)C. The van der Waals surface area contributed by atoms with Crippen molar-refractivity contribution in [3.63, 3.8) is 0 Å². The molecular formula is C16H34N4O2. The van der Waals surface area contributed by atoms with Crippen molar-refractivity contribution in [1.29, 1.82) is 0 Å². The van der Waals surface area contributed by atoms with Crippen LogP contribution in [0.4, 0.5) is 4.79 Å². The van der Waals surface area contributed by atoms with Crippen molar-refractivity contribution in [1.82, 2.24) is 15.1 Å². The van der Waals surface area contributed by atoms with Crippen LogP contribution in [-0.2, 0) is 4.74 Å². The largest absolute Gasteiger partial charge is 0.444 e. The summed E-state index contributed by atoms with van der Waals surface area (Å²) in [4.78, 5) is 16.7. The number of likely N-dealkylation sites (N-methyl/N-ethyl adjacent to an activating group) is 1. The molecule has 1 aliphatic rings. The minimum Gasteiger partial charge on any atom is -0.444 e. The Morgan fingerprint density at radius 1 is 1.41 bits per heavy atom. The maximum atomic E-state index is 11.8. The molecule has 1 heterocycles. The average molecular weight is 314 g/mol. The first kappa shape index (κ1) is 19.2. The lowest BCUT2D eigenvalue weighted by atomic mass is 10.1. The summed E-state index contributed by atoms with van der Waals surface area (Å²) < 4.78 is 5.30. The molecule has 22 heavy (non-hydrogen) atoms. The molecule has 6 heteroatoms. The topological polar surface area (TPSA) is 70.8 Å². The lowest BCUT2D eigenvalue weighted by Gasteiger charge is -2.36. The molecule has 6 nitrogen and oxygen atoms in total. The van der Waals surface area contributed by atoms with Gasteiger partial charge in [0.05, 0.1) is 0 Å². The number of nitrogens with one attached hydrogen (secondary N) is 1. The number of nitrogens with two attached hydrogens (primary N) is 1. The summed E-state index contributed by atoms with van der Waals surface area (Å²) in [6.07, 6.45) is 1.86. The number of rotatable bonds is 5. The van der Waals surface area contributed by atoms with Crippen LogP contribution in [-0.4, -0.2) is 73.3 Å². The van der Waals surface area contributed by atoms with Crippen LogP contribution in [0.1, 0.15) is 40.5 Å². The predicted octanol–water partition coefficient (Wildman–Crippen LogP) is 1.25. The van der Waals surface area contributed by atoms with Gasteiger partial charge in [-0.05, 0) is 47.2 Å². The van der Waals surface area contributed by atoms with E-state index in [9.17, 15) is 4.79 Å². The number of carbonyl (C=O) groups excluding carboxylic acids is 1. The highest BCUT2D eigenvalue weighted by atomic mass is 16.6. The van der Waals surface area contributed by atoms with Gasteiger partial charge in [0.15, 0.2) is 0 Å². The standard InChI is InChI=1S/C16H34N4O2/c1-6-13-12-19(5)8-7-9-20(13)14(10-17)11-18-15(21)22-16(2,3)4/h13-14H,6-12,17H2,1-5H3,(H,18,21). The fourth-order valence-corrected chi connectivity index (χ4v) is 2.96. The molecule has 2 unspecified atom stereocenters. The Morgan fingerprint density at radius 2 is 2.09 bits per heavy atom. The van der Waals surface area contributed by atoms with Crippen molar-refractivity contribution in [3.8, 4) is 0 Å². The third-order valence-corrected chi connectivity index (χ3v) is 4.04. The molecule has 130 valence electrons. The first-order valence-corrected chi connectivity index (χ1v) is 8.38. The van der Waals surface area contributed by atoms with E-state index in [1.54, 1.807) is 0 Å². The Hall–Kier alpha value is -0.850. The molecule has 0 aromatic carbocycles.